The average Bonchev–Trinajstić information content (AvgIpc) is 2.39. The zero-order valence-electron chi connectivity index (χ0n) is 9.94. The Morgan fingerprint density at radius 2 is 2.06 bits per heavy atom. The van der Waals surface area contributed by atoms with Crippen molar-refractivity contribution in [2.24, 2.45) is 5.73 Å². The molecule has 3 heteroatoms. The predicted molar refractivity (Wildman–Crippen MR) is 68.7 cm³/mol. The highest BCUT2D eigenvalue weighted by Crippen LogP contribution is 2.13. The molecule has 2 aromatic rings. The largest absolute Gasteiger partial charge is 0.397 e. The number of rotatable bonds is 1. The molecule has 0 bridgehead atoms. The highest BCUT2D eigenvalue weighted by molar-refractivity contribution is 5.80. The first-order valence-corrected chi connectivity index (χ1v) is 5.44. The van der Waals surface area contributed by atoms with Crippen LogP contribution in [-0.2, 0) is 0 Å². The van der Waals surface area contributed by atoms with Gasteiger partial charge in [0.25, 0.3) is 0 Å². The normalized spacial score (nSPS) is 10.8. The van der Waals surface area contributed by atoms with E-state index in [0.717, 1.165) is 16.6 Å². The van der Waals surface area contributed by atoms with Gasteiger partial charge in [0, 0.05) is 11.6 Å². The summed E-state index contributed by atoms with van der Waals surface area (Å²) in [5.41, 5.74) is 8.14. The summed E-state index contributed by atoms with van der Waals surface area (Å²) in [4.78, 5) is 8.41. The SMILES string of the molecule is C/C=C(\N)c1cc2cccnc2cn1.CC. The molecule has 0 aromatic carbocycles. The van der Waals surface area contributed by atoms with E-state index in [4.69, 9.17) is 5.73 Å². The van der Waals surface area contributed by atoms with E-state index in [2.05, 4.69) is 9.97 Å². The maximum Gasteiger partial charge on any atom is 0.0885 e. The lowest BCUT2D eigenvalue weighted by atomic mass is 10.2. The van der Waals surface area contributed by atoms with Crippen LogP contribution < -0.4 is 5.73 Å². The minimum absolute atomic E-state index is 0.691. The van der Waals surface area contributed by atoms with Gasteiger partial charge in [0.15, 0.2) is 0 Å². The van der Waals surface area contributed by atoms with Crippen molar-refractivity contribution < 1.29 is 0 Å². The van der Waals surface area contributed by atoms with E-state index in [-0.39, 0.29) is 0 Å². The summed E-state index contributed by atoms with van der Waals surface area (Å²) in [6.45, 7) is 5.89. The Labute approximate surface area is 96.0 Å². The van der Waals surface area contributed by atoms with Crippen molar-refractivity contribution in [2.75, 3.05) is 0 Å². The second-order valence-corrected chi connectivity index (χ2v) is 3.01. The van der Waals surface area contributed by atoms with Gasteiger partial charge in [0.1, 0.15) is 0 Å². The van der Waals surface area contributed by atoms with E-state index in [1.807, 2.05) is 45.0 Å². The van der Waals surface area contributed by atoms with Gasteiger partial charge < -0.3 is 5.73 Å². The number of hydrogen-bond acceptors (Lipinski definition) is 3. The van der Waals surface area contributed by atoms with Crippen molar-refractivity contribution in [1.82, 2.24) is 9.97 Å². The van der Waals surface area contributed by atoms with Gasteiger partial charge in [0.05, 0.1) is 23.1 Å². The summed E-state index contributed by atoms with van der Waals surface area (Å²) in [5, 5.41) is 1.06. The monoisotopic (exact) mass is 215 g/mol. The Morgan fingerprint density at radius 3 is 2.75 bits per heavy atom. The van der Waals surface area contributed by atoms with Crippen molar-refractivity contribution in [3.63, 3.8) is 0 Å². The Hall–Kier alpha value is -1.90. The van der Waals surface area contributed by atoms with Crippen LogP contribution in [0, 0.1) is 0 Å². The van der Waals surface area contributed by atoms with E-state index < -0.39 is 0 Å². The zero-order valence-corrected chi connectivity index (χ0v) is 9.94. The Kier molecular flexibility index (Phi) is 4.45. The van der Waals surface area contributed by atoms with Crippen LogP contribution in [0.25, 0.3) is 16.6 Å². The molecule has 0 aliphatic heterocycles. The third-order valence-corrected chi connectivity index (χ3v) is 2.10. The topological polar surface area (TPSA) is 51.8 Å². The second kappa shape index (κ2) is 5.85. The first-order chi connectivity index (χ1) is 7.81. The molecule has 0 amide bonds. The predicted octanol–water partition coefficient (Wildman–Crippen LogP) is 2.98. The molecule has 0 saturated heterocycles. The van der Waals surface area contributed by atoms with Crippen molar-refractivity contribution in [1.29, 1.82) is 0 Å². The van der Waals surface area contributed by atoms with E-state index in [1.165, 1.54) is 0 Å². The van der Waals surface area contributed by atoms with Gasteiger partial charge in [-0.1, -0.05) is 26.0 Å². The smallest absolute Gasteiger partial charge is 0.0885 e. The molecule has 3 nitrogen and oxygen atoms in total. The van der Waals surface area contributed by atoms with E-state index in [9.17, 15) is 0 Å². The summed E-state index contributed by atoms with van der Waals surface area (Å²) in [6, 6.07) is 5.84. The standard InChI is InChI=1S/C11H11N3.C2H6/c1-2-9(12)10-6-8-4-3-5-13-11(8)7-14-10;1-2/h2-7H,12H2,1H3;1-2H3/b9-2-;. The van der Waals surface area contributed by atoms with Crippen molar-refractivity contribution >= 4 is 16.6 Å². The Bertz CT molecular complexity index is 489. The maximum atomic E-state index is 5.76. The van der Waals surface area contributed by atoms with Gasteiger partial charge in [-0.3, -0.25) is 9.97 Å². The molecule has 0 atom stereocenters. The minimum atomic E-state index is 0.691. The molecular weight excluding hydrogens is 198 g/mol. The van der Waals surface area contributed by atoms with Crippen molar-refractivity contribution in [2.45, 2.75) is 20.8 Å². The third kappa shape index (κ3) is 2.57. The van der Waals surface area contributed by atoms with E-state index >= 15 is 0 Å². The van der Waals surface area contributed by atoms with Gasteiger partial charge in [-0.15, -0.1) is 0 Å². The Balaban J connectivity index is 0.000000606. The summed E-state index contributed by atoms with van der Waals surface area (Å²) < 4.78 is 0. The van der Waals surface area contributed by atoms with Crippen LogP contribution in [0.1, 0.15) is 26.5 Å². The number of hydrogen-bond donors (Lipinski definition) is 1. The van der Waals surface area contributed by atoms with Crippen LogP contribution in [0.3, 0.4) is 0 Å². The van der Waals surface area contributed by atoms with Crippen LogP contribution in [0.2, 0.25) is 0 Å². The van der Waals surface area contributed by atoms with Crippen molar-refractivity contribution in [3.8, 4) is 0 Å². The van der Waals surface area contributed by atoms with Gasteiger partial charge in [0.2, 0.25) is 0 Å². The number of pyridine rings is 2. The Morgan fingerprint density at radius 1 is 1.31 bits per heavy atom. The molecule has 0 aliphatic rings. The highest BCUT2D eigenvalue weighted by Gasteiger charge is 1.99. The van der Waals surface area contributed by atoms with Crippen LogP contribution >= 0.6 is 0 Å². The summed E-state index contributed by atoms with van der Waals surface area (Å²) in [5.74, 6) is 0. The summed E-state index contributed by atoms with van der Waals surface area (Å²) in [6.07, 6.45) is 5.33. The first-order valence-electron chi connectivity index (χ1n) is 5.44. The molecule has 0 aliphatic carbocycles. The zero-order chi connectivity index (χ0) is 12.0. The molecule has 0 radical (unpaired) electrons. The average molecular weight is 215 g/mol. The third-order valence-electron chi connectivity index (χ3n) is 2.10. The lowest BCUT2D eigenvalue weighted by molar-refractivity contribution is 1.25. The molecule has 0 spiro atoms. The first kappa shape index (κ1) is 12.2. The lowest BCUT2D eigenvalue weighted by Crippen LogP contribution is -1.98. The summed E-state index contributed by atoms with van der Waals surface area (Å²) in [7, 11) is 0. The van der Waals surface area contributed by atoms with Crippen molar-refractivity contribution in [3.05, 3.63) is 42.4 Å². The fourth-order valence-corrected chi connectivity index (χ4v) is 1.28. The molecule has 2 N–H and O–H groups in total. The number of aromatic nitrogens is 2. The van der Waals surface area contributed by atoms with Crippen LogP contribution in [0.4, 0.5) is 0 Å². The van der Waals surface area contributed by atoms with Crippen LogP contribution in [0.5, 0.6) is 0 Å². The number of nitrogens with two attached hydrogens (primary N) is 1. The fraction of sp³-hybridized carbons (Fsp3) is 0.231. The maximum absolute atomic E-state index is 5.76. The molecule has 0 unspecified atom stereocenters. The quantitative estimate of drug-likeness (QED) is 0.795. The fourth-order valence-electron chi connectivity index (χ4n) is 1.28. The molecule has 0 saturated carbocycles. The van der Waals surface area contributed by atoms with Gasteiger partial charge in [-0.05, 0) is 19.1 Å². The van der Waals surface area contributed by atoms with E-state index in [0.29, 0.717) is 5.70 Å². The van der Waals surface area contributed by atoms with Gasteiger partial charge in [-0.2, -0.15) is 0 Å². The number of fused-ring (bicyclic) bond motifs is 1. The molecule has 2 aromatic heterocycles. The second-order valence-electron chi connectivity index (χ2n) is 3.01. The molecular formula is C13H17N3. The van der Waals surface area contributed by atoms with Gasteiger partial charge >= 0.3 is 0 Å². The lowest BCUT2D eigenvalue weighted by Gasteiger charge is -2.01. The number of allylic oxidation sites excluding steroid dienone is 1. The molecule has 0 fully saturated rings. The van der Waals surface area contributed by atoms with E-state index in [1.54, 1.807) is 12.4 Å². The molecule has 16 heavy (non-hydrogen) atoms. The molecule has 84 valence electrons. The highest BCUT2D eigenvalue weighted by atomic mass is 14.8. The minimum Gasteiger partial charge on any atom is -0.397 e. The van der Waals surface area contributed by atoms with Gasteiger partial charge in [-0.25, -0.2) is 0 Å². The molecule has 2 rings (SSSR count). The molecule has 2 heterocycles. The van der Waals surface area contributed by atoms with Crippen LogP contribution in [0.15, 0.2) is 36.7 Å². The summed E-state index contributed by atoms with van der Waals surface area (Å²) >= 11 is 0. The number of nitrogens with zero attached hydrogens (tertiary/aromatic N) is 2. The van der Waals surface area contributed by atoms with Crippen LogP contribution in [-0.4, -0.2) is 9.97 Å².